The summed E-state index contributed by atoms with van der Waals surface area (Å²) in [7, 11) is 3.14. The summed E-state index contributed by atoms with van der Waals surface area (Å²) in [5.41, 5.74) is 4.07. The van der Waals surface area contributed by atoms with Crippen LogP contribution >= 0.6 is 23.2 Å². The first-order valence-electron chi connectivity index (χ1n) is 8.80. The predicted molar refractivity (Wildman–Crippen MR) is 106 cm³/mol. The van der Waals surface area contributed by atoms with E-state index in [0.717, 1.165) is 36.2 Å². The fraction of sp³-hybridized carbons (Fsp3) is 0.400. The largest absolute Gasteiger partial charge is 0.495 e. The van der Waals surface area contributed by atoms with Crippen molar-refractivity contribution < 1.29 is 14.3 Å². The van der Waals surface area contributed by atoms with Crippen molar-refractivity contribution in [3.05, 3.63) is 51.3 Å². The Hall–Kier alpha value is -1.98. The topological polar surface area (TPSA) is 64.2 Å². The standard InChI is InChI=1S/C20H22Cl2N2O3/c1-4-12(25)6-8-14-13-7-5-11(9-15(13)24-23-14)18-19(21)16(26-2)10-17(27-3)20(18)22/h4,10-11H,1,5-9H2,2-3H3,(H,23,24). The fourth-order valence-corrected chi connectivity index (χ4v) is 4.44. The van der Waals surface area contributed by atoms with E-state index in [1.54, 1.807) is 20.3 Å². The maximum atomic E-state index is 11.5. The Morgan fingerprint density at radius 1 is 1.33 bits per heavy atom. The van der Waals surface area contributed by atoms with Crippen LogP contribution in [0.4, 0.5) is 0 Å². The third-order valence-electron chi connectivity index (χ3n) is 5.08. The molecule has 1 aromatic carbocycles. The lowest BCUT2D eigenvalue weighted by molar-refractivity contribution is -0.114. The molecular formula is C20H22Cl2N2O3. The number of nitrogens with zero attached hydrogens (tertiary/aromatic N) is 1. The van der Waals surface area contributed by atoms with Crippen molar-refractivity contribution >= 4 is 29.0 Å². The minimum atomic E-state index is 0.0301. The highest BCUT2D eigenvalue weighted by atomic mass is 35.5. The number of H-pyrrole nitrogens is 1. The average Bonchev–Trinajstić information content (AvgIpc) is 3.08. The minimum absolute atomic E-state index is 0.0301. The number of allylic oxidation sites excluding steroid dienone is 1. The molecule has 0 fully saturated rings. The number of ether oxygens (including phenoxy) is 2. The van der Waals surface area contributed by atoms with Gasteiger partial charge in [-0.2, -0.15) is 5.10 Å². The zero-order chi connectivity index (χ0) is 19.6. The number of carbonyl (C=O) groups is 1. The summed E-state index contributed by atoms with van der Waals surface area (Å²) < 4.78 is 10.8. The number of halogens is 2. The zero-order valence-electron chi connectivity index (χ0n) is 15.4. The summed E-state index contributed by atoms with van der Waals surface area (Å²) in [6.07, 6.45) is 4.87. The van der Waals surface area contributed by atoms with Crippen LogP contribution in [0.3, 0.4) is 0 Å². The molecule has 1 aromatic heterocycles. The van der Waals surface area contributed by atoms with Crippen molar-refractivity contribution in [3.8, 4) is 11.5 Å². The SMILES string of the molecule is C=CC(=O)CCc1n[nH]c2c1CCC(c1c(Cl)c(OC)cc(OC)c1Cl)C2. The average molecular weight is 409 g/mol. The van der Waals surface area contributed by atoms with Crippen molar-refractivity contribution in [2.75, 3.05) is 14.2 Å². The van der Waals surface area contributed by atoms with Gasteiger partial charge in [0.15, 0.2) is 5.78 Å². The van der Waals surface area contributed by atoms with Crippen LogP contribution in [0.25, 0.3) is 0 Å². The lowest BCUT2D eigenvalue weighted by Gasteiger charge is -2.26. The van der Waals surface area contributed by atoms with Crippen molar-refractivity contribution in [2.24, 2.45) is 0 Å². The van der Waals surface area contributed by atoms with E-state index in [-0.39, 0.29) is 11.7 Å². The van der Waals surface area contributed by atoms with Gasteiger partial charge >= 0.3 is 0 Å². The summed E-state index contributed by atoms with van der Waals surface area (Å²) >= 11 is 13.1. The van der Waals surface area contributed by atoms with Gasteiger partial charge in [0.25, 0.3) is 0 Å². The van der Waals surface area contributed by atoms with Crippen molar-refractivity contribution in [1.82, 2.24) is 10.2 Å². The molecule has 0 saturated heterocycles. The van der Waals surface area contributed by atoms with Crippen LogP contribution in [0.1, 0.15) is 41.3 Å². The number of benzene rings is 1. The summed E-state index contributed by atoms with van der Waals surface area (Å²) in [5.74, 6) is 1.26. The Labute approximate surface area is 168 Å². The van der Waals surface area contributed by atoms with Gasteiger partial charge in [-0.25, -0.2) is 0 Å². The third-order valence-corrected chi connectivity index (χ3v) is 5.86. The van der Waals surface area contributed by atoms with Gasteiger partial charge < -0.3 is 9.47 Å². The van der Waals surface area contributed by atoms with Crippen LogP contribution in [0.15, 0.2) is 18.7 Å². The highest BCUT2D eigenvalue weighted by Gasteiger charge is 2.30. The molecule has 2 aromatic rings. The lowest BCUT2D eigenvalue weighted by Crippen LogP contribution is -2.14. The number of ketones is 1. The van der Waals surface area contributed by atoms with E-state index in [1.165, 1.54) is 11.6 Å². The van der Waals surface area contributed by atoms with Gasteiger partial charge in [0.2, 0.25) is 0 Å². The van der Waals surface area contributed by atoms with Gasteiger partial charge in [-0.05, 0) is 43.2 Å². The third kappa shape index (κ3) is 3.85. The lowest BCUT2D eigenvalue weighted by atomic mass is 9.82. The van der Waals surface area contributed by atoms with Crippen molar-refractivity contribution in [2.45, 2.75) is 38.0 Å². The molecule has 7 heteroatoms. The Balaban J connectivity index is 1.88. The molecule has 0 saturated carbocycles. The van der Waals surface area contributed by atoms with Gasteiger partial charge in [0.05, 0.1) is 30.0 Å². The Morgan fingerprint density at radius 2 is 2.00 bits per heavy atom. The van der Waals surface area contributed by atoms with E-state index in [4.69, 9.17) is 32.7 Å². The van der Waals surface area contributed by atoms with Crippen LogP contribution in [0.2, 0.25) is 10.0 Å². The molecule has 0 bridgehead atoms. The molecule has 1 atom stereocenters. The molecule has 1 aliphatic carbocycles. The number of nitrogens with one attached hydrogen (secondary N) is 1. The maximum Gasteiger partial charge on any atom is 0.155 e. The zero-order valence-corrected chi connectivity index (χ0v) is 16.9. The van der Waals surface area contributed by atoms with E-state index >= 15 is 0 Å². The molecule has 3 rings (SSSR count). The summed E-state index contributed by atoms with van der Waals surface area (Å²) in [4.78, 5) is 11.5. The molecule has 1 heterocycles. The number of aromatic nitrogens is 2. The molecule has 1 N–H and O–H groups in total. The second-order valence-corrected chi connectivity index (χ2v) is 7.32. The molecule has 1 aliphatic rings. The number of aryl methyl sites for hydroxylation is 1. The second kappa shape index (κ2) is 8.36. The van der Waals surface area contributed by atoms with Gasteiger partial charge in [0.1, 0.15) is 11.5 Å². The number of fused-ring (bicyclic) bond motifs is 1. The summed E-state index contributed by atoms with van der Waals surface area (Å²) in [6, 6.07) is 1.70. The number of methoxy groups -OCH3 is 2. The molecule has 0 spiro atoms. The normalized spacial score (nSPS) is 15.9. The van der Waals surface area contributed by atoms with Crippen LogP contribution < -0.4 is 9.47 Å². The summed E-state index contributed by atoms with van der Waals surface area (Å²) in [5, 5.41) is 8.59. The van der Waals surface area contributed by atoms with E-state index in [1.807, 2.05) is 0 Å². The first kappa shape index (κ1) is 19.8. The summed E-state index contributed by atoms with van der Waals surface area (Å²) in [6.45, 7) is 3.51. The molecule has 0 amide bonds. The van der Waals surface area contributed by atoms with Crippen molar-refractivity contribution in [1.29, 1.82) is 0 Å². The smallest absolute Gasteiger partial charge is 0.155 e. The highest BCUT2D eigenvalue weighted by molar-refractivity contribution is 6.38. The Morgan fingerprint density at radius 3 is 2.59 bits per heavy atom. The first-order chi connectivity index (χ1) is 13.0. The molecule has 0 aliphatic heterocycles. The number of hydrogen-bond donors (Lipinski definition) is 1. The molecule has 0 radical (unpaired) electrons. The van der Waals surface area contributed by atoms with Crippen LogP contribution in [-0.4, -0.2) is 30.2 Å². The first-order valence-corrected chi connectivity index (χ1v) is 9.55. The molecule has 1 unspecified atom stereocenters. The Kier molecular flexibility index (Phi) is 6.12. The molecule has 5 nitrogen and oxygen atoms in total. The number of aromatic amines is 1. The van der Waals surface area contributed by atoms with Gasteiger partial charge in [-0.3, -0.25) is 9.89 Å². The molecule has 144 valence electrons. The quantitative estimate of drug-likeness (QED) is 0.674. The minimum Gasteiger partial charge on any atom is -0.495 e. The number of carbonyl (C=O) groups excluding carboxylic acids is 1. The molecular weight excluding hydrogens is 387 g/mol. The number of rotatable bonds is 7. The fourth-order valence-electron chi connectivity index (χ4n) is 3.64. The second-order valence-electron chi connectivity index (χ2n) is 6.56. The monoisotopic (exact) mass is 408 g/mol. The van der Waals surface area contributed by atoms with Crippen LogP contribution in [-0.2, 0) is 24.1 Å². The Bertz CT molecular complexity index is 848. The molecule has 27 heavy (non-hydrogen) atoms. The number of hydrogen-bond acceptors (Lipinski definition) is 4. The van der Waals surface area contributed by atoms with Crippen LogP contribution in [0, 0.1) is 0 Å². The van der Waals surface area contributed by atoms with Crippen LogP contribution in [0.5, 0.6) is 11.5 Å². The van der Waals surface area contributed by atoms with E-state index in [0.29, 0.717) is 34.4 Å². The van der Waals surface area contributed by atoms with E-state index in [2.05, 4.69) is 16.8 Å². The van der Waals surface area contributed by atoms with Gasteiger partial charge in [-0.15, -0.1) is 0 Å². The maximum absolute atomic E-state index is 11.5. The predicted octanol–water partition coefficient (Wildman–Crippen LogP) is 4.69. The highest BCUT2D eigenvalue weighted by Crippen LogP contribution is 2.47. The van der Waals surface area contributed by atoms with Gasteiger partial charge in [-0.1, -0.05) is 29.8 Å². The van der Waals surface area contributed by atoms with Crippen molar-refractivity contribution in [3.63, 3.8) is 0 Å². The van der Waals surface area contributed by atoms with E-state index in [9.17, 15) is 4.79 Å². The van der Waals surface area contributed by atoms with Gasteiger partial charge in [0, 0.05) is 23.7 Å². The van der Waals surface area contributed by atoms with E-state index < -0.39 is 0 Å².